The van der Waals surface area contributed by atoms with Crippen molar-refractivity contribution in [3.05, 3.63) is 54.1 Å². The van der Waals surface area contributed by atoms with Crippen molar-refractivity contribution >= 4 is 15.9 Å². The second-order valence-corrected chi connectivity index (χ2v) is 6.16. The largest absolute Gasteiger partial charge is 0.493 e. The first kappa shape index (κ1) is 16.8. The number of methoxy groups -OCH3 is 2. The van der Waals surface area contributed by atoms with E-state index in [1.165, 1.54) is 32.4 Å². The number of Topliss-reactive ketones (excluding diaryl/α,β-unsaturated/α-hetero) is 1. The van der Waals surface area contributed by atoms with Crippen LogP contribution >= 0.6 is 0 Å². The van der Waals surface area contributed by atoms with Crippen molar-refractivity contribution in [3.63, 3.8) is 0 Å². The summed E-state index contributed by atoms with van der Waals surface area (Å²) in [6.07, 6.45) is 0. The highest BCUT2D eigenvalue weighted by atomic mass is 32.2. The molecule has 122 valence electrons. The van der Waals surface area contributed by atoms with Crippen molar-refractivity contribution in [3.8, 4) is 17.2 Å². The molecule has 2 aromatic rings. The third kappa shape index (κ3) is 4.46. The SMILES string of the molecule is COc1ccc(OS(=O)(=O)CC(=O)c2ccccc2)cc1OC. The van der Waals surface area contributed by atoms with E-state index in [1.54, 1.807) is 30.3 Å². The van der Waals surface area contributed by atoms with E-state index < -0.39 is 21.7 Å². The number of carbonyl (C=O) groups is 1. The van der Waals surface area contributed by atoms with Crippen LogP contribution in [0.15, 0.2) is 48.5 Å². The van der Waals surface area contributed by atoms with Crippen molar-refractivity contribution < 1.29 is 26.9 Å². The zero-order valence-electron chi connectivity index (χ0n) is 12.7. The normalized spacial score (nSPS) is 10.9. The van der Waals surface area contributed by atoms with Gasteiger partial charge in [0.25, 0.3) is 0 Å². The first-order chi connectivity index (χ1) is 10.9. The van der Waals surface area contributed by atoms with Crippen molar-refractivity contribution in [1.82, 2.24) is 0 Å². The highest BCUT2D eigenvalue weighted by Gasteiger charge is 2.20. The van der Waals surface area contributed by atoms with Gasteiger partial charge in [-0.15, -0.1) is 0 Å². The lowest BCUT2D eigenvalue weighted by Crippen LogP contribution is -2.21. The molecule has 0 spiro atoms. The number of hydrogen-bond donors (Lipinski definition) is 0. The Morgan fingerprint density at radius 2 is 1.61 bits per heavy atom. The molecule has 0 unspecified atom stereocenters. The minimum atomic E-state index is -4.07. The van der Waals surface area contributed by atoms with Gasteiger partial charge >= 0.3 is 10.1 Å². The summed E-state index contributed by atoms with van der Waals surface area (Å²) in [7, 11) is -1.18. The van der Waals surface area contributed by atoms with E-state index in [0.717, 1.165) is 0 Å². The molecule has 0 amide bonds. The van der Waals surface area contributed by atoms with E-state index in [1.807, 2.05) is 0 Å². The van der Waals surface area contributed by atoms with Crippen LogP contribution in [-0.4, -0.2) is 34.2 Å². The zero-order chi connectivity index (χ0) is 16.9. The van der Waals surface area contributed by atoms with Gasteiger partial charge in [0.15, 0.2) is 17.3 Å². The van der Waals surface area contributed by atoms with Crippen molar-refractivity contribution in [2.24, 2.45) is 0 Å². The molecule has 0 saturated carbocycles. The van der Waals surface area contributed by atoms with Crippen LogP contribution in [-0.2, 0) is 10.1 Å². The summed E-state index contributed by atoms with van der Waals surface area (Å²) in [4.78, 5) is 12.0. The Morgan fingerprint density at radius 1 is 0.957 bits per heavy atom. The van der Waals surface area contributed by atoms with E-state index in [-0.39, 0.29) is 5.75 Å². The number of carbonyl (C=O) groups excluding carboxylic acids is 1. The predicted octanol–water partition coefficient (Wildman–Crippen LogP) is 2.30. The summed E-state index contributed by atoms with van der Waals surface area (Å²) in [5, 5.41) is 0. The van der Waals surface area contributed by atoms with E-state index in [4.69, 9.17) is 13.7 Å². The van der Waals surface area contributed by atoms with Crippen LogP contribution in [0, 0.1) is 0 Å². The molecule has 6 nitrogen and oxygen atoms in total. The number of benzene rings is 2. The Hall–Kier alpha value is -2.54. The zero-order valence-corrected chi connectivity index (χ0v) is 13.5. The Balaban J connectivity index is 2.14. The van der Waals surface area contributed by atoms with Gasteiger partial charge < -0.3 is 13.7 Å². The number of ether oxygens (including phenoxy) is 2. The maximum Gasteiger partial charge on any atom is 0.316 e. The van der Waals surface area contributed by atoms with Crippen LogP contribution in [0.25, 0.3) is 0 Å². The van der Waals surface area contributed by atoms with Gasteiger partial charge in [-0.2, -0.15) is 8.42 Å². The molecule has 0 aliphatic rings. The highest BCUT2D eigenvalue weighted by Crippen LogP contribution is 2.31. The topological polar surface area (TPSA) is 78.9 Å². The van der Waals surface area contributed by atoms with Gasteiger partial charge in [-0.05, 0) is 12.1 Å². The average Bonchev–Trinajstić information content (AvgIpc) is 2.54. The monoisotopic (exact) mass is 336 g/mol. The molecular weight excluding hydrogens is 320 g/mol. The van der Waals surface area contributed by atoms with Crippen LogP contribution in [0.1, 0.15) is 10.4 Å². The summed E-state index contributed by atoms with van der Waals surface area (Å²) in [6, 6.07) is 12.5. The Bertz CT molecular complexity index is 783. The summed E-state index contributed by atoms with van der Waals surface area (Å²) in [5.74, 6) is -0.465. The lowest BCUT2D eigenvalue weighted by molar-refractivity contribution is 0.101. The van der Waals surface area contributed by atoms with Gasteiger partial charge in [-0.1, -0.05) is 30.3 Å². The fraction of sp³-hybridized carbons (Fsp3) is 0.188. The lowest BCUT2D eigenvalue weighted by Gasteiger charge is -2.10. The first-order valence-corrected chi connectivity index (χ1v) is 8.25. The van der Waals surface area contributed by atoms with Gasteiger partial charge in [0.2, 0.25) is 0 Å². The molecule has 0 fully saturated rings. The van der Waals surface area contributed by atoms with E-state index >= 15 is 0 Å². The minimum absolute atomic E-state index is 0.0449. The quantitative estimate of drug-likeness (QED) is 0.570. The van der Waals surface area contributed by atoms with E-state index in [9.17, 15) is 13.2 Å². The van der Waals surface area contributed by atoms with Crippen LogP contribution < -0.4 is 13.7 Å². The summed E-state index contributed by atoms with van der Waals surface area (Å²) in [6.45, 7) is 0. The molecule has 23 heavy (non-hydrogen) atoms. The molecule has 2 aromatic carbocycles. The van der Waals surface area contributed by atoms with Crippen LogP contribution in [0.5, 0.6) is 17.2 Å². The standard InChI is InChI=1S/C16H16O6S/c1-20-15-9-8-13(10-16(15)21-2)22-23(18,19)11-14(17)12-6-4-3-5-7-12/h3-10H,11H2,1-2H3. The number of ketones is 1. The van der Waals surface area contributed by atoms with Crippen molar-refractivity contribution in [2.45, 2.75) is 0 Å². The molecule has 0 aliphatic heterocycles. The van der Waals surface area contributed by atoms with Gasteiger partial charge in [-0.25, -0.2) is 0 Å². The summed E-state index contributed by atoms with van der Waals surface area (Å²) >= 11 is 0. The molecule has 0 bridgehead atoms. The minimum Gasteiger partial charge on any atom is -0.493 e. The Kier molecular flexibility index (Phi) is 5.23. The predicted molar refractivity (Wildman–Crippen MR) is 84.7 cm³/mol. The maximum absolute atomic E-state index is 12.0. The molecular formula is C16H16O6S. The molecule has 0 aliphatic carbocycles. The Morgan fingerprint density at radius 3 is 2.22 bits per heavy atom. The van der Waals surface area contributed by atoms with Crippen molar-refractivity contribution in [2.75, 3.05) is 20.0 Å². The Labute approximate surface area is 134 Å². The third-order valence-electron chi connectivity index (χ3n) is 2.98. The van der Waals surface area contributed by atoms with Gasteiger partial charge in [0.1, 0.15) is 11.5 Å². The maximum atomic E-state index is 12.0. The van der Waals surface area contributed by atoms with Gasteiger partial charge in [-0.3, -0.25) is 4.79 Å². The fourth-order valence-electron chi connectivity index (χ4n) is 1.91. The molecule has 7 heteroatoms. The van der Waals surface area contributed by atoms with Crippen LogP contribution in [0.2, 0.25) is 0 Å². The average molecular weight is 336 g/mol. The van der Waals surface area contributed by atoms with Crippen LogP contribution in [0.3, 0.4) is 0 Å². The molecule has 0 saturated heterocycles. The van der Waals surface area contributed by atoms with Gasteiger partial charge in [0, 0.05) is 11.6 Å². The lowest BCUT2D eigenvalue weighted by atomic mass is 10.2. The molecule has 0 radical (unpaired) electrons. The molecule has 0 N–H and O–H groups in total. The molecule has 2 rings (SSSR count). The van der Waals surface area contributed by atoms with E-state index in [2.05, 4.69) is 0 Å². The number of rotatable bonds is 7. The van der Waals surface area contributed by atoms with Crippen LogP contribution in [0.4, 0.5) is 0 Å². The third-order valence-corrected chi connectivity index (χ3v) is 4.04. The summed E-state index contributed by atoms with van der Waals surface area (Å²) in [5.41, 5.74) is 0.312. The van der Waals surface area contributed by atoms with Crippen molar-refractivity contribution in [1.29, 1.82) is 0 Å². The second-order valence-electron chi connectivity index (χ2n) is 4.59. The molecule has 0 atom stereocenters. The molecule has 0 heterocycles. The first-order valence-electron chi connectivity index (χ1n) is 6.67. The number of hydrogen-bond acceptors (Lipinski definition) is 6. The van der Waals surface area contributed by atoms with E-state index in [0.29, 0.717) is 17.1 Å². The summed E-state index contributed by atoms with van der Waals surface area (Å²) < 4.78 is 39.1. The smallest absolute Gasteiger partial charge is 0.316 e. The highest BCUT2D eigenvalue weighted by molar-refractivity contribution is 7.87. The van der Waals surface area contributed by atoms with Gasteiger partial charge in [0.05, 0.1) is 14.2 Å². The fourth-order valence-corrected chi connectivity index (χ4v) is 2.86. The second kappa shape index (κ2) is 7.15. The molecule has 0 aromatic heterocycles.